The number of hydrogen-bond donors (Lipinski definition) is 0. The van der Waals surface area contributed by atoms with Gasteiger partial charge in [0, 0.05) is 5.56 Å². The summed E-state index contributed by atoms with van der Waals surface area (Å²) in [4.78, 5) is 13.1. The van der Waals surface area contributed by atoms with Crippen molar-refractivity contribution in [3.63, 3.8) is 0 Å². The number of aryl methyl sites for hydroxylation is 1. The number of sulfonamides is 1. The highest BCUT2D eigenvalue weighted by Crippen LogP contribution is 2.38. The van der Waals surface area contributed by atoms with Crippen LogP contribution in [0, 0.1) is 6.92 Å². The lowest BCUT2D eigenvalue weighted by atomic mass is 10.0. The zero-order valence-electron chi connectivity index (χ0n) is 15.3. The molecular formula is C22H23NO3S. The summed E-state index contributed by atoms with van der Waals surface area (Å²) in [5.41, 5.74) is 2.12. The van der Waals surface area contributed by atoms with Gasteiger partial charge in [-0.1, -0.05) is 54.1 Å². The Morgan fingerprint density at radius 3 is 2.48 bits per heavy atom. The Morgan fingerprint density at radius 1 is 1.07 bits per heavy atom. The van der Waals surface area contributed by atoms with Crippen molar-refractivity contribution in [1.29, 1.82) is 0 Å². The highest BCUT2D eigenvalue weighted by molar-refractivity contribution is 7.89. The van der Waals surface area contributed by atoms with Gasteiger partial charge >= 0.3 is 0 Å². The van der Waals surface area contributed by atoms with Gasteiger partial charge in [0.1, 0.15) is 0 Å². The number of benzene rings is 2. The Kier molecular flexibility index (Phi) is 5.61. The molecule has 1 atom stereocenters. The summed E-state index contributed by atoms with van der Waals surface area (Å²) in [6.45, 7) is 5.59. The monoisotopic (exact) mass is 381 g/mol. The fourth-order valence-electron chi connectivity index (χ4n) is 3.19. The van der Waals surface area contributed by atoms with Gasteiger partial charge in [0.15, 0.2) is 0 Å². The molecule has 1 unspecified atom stereocenters. The molecular weight excluding hydrogens is 358 g/mol. The number of allylic oxidation sites excluding steroid dienone is 2. The fraction of sp³-hybridized carbons (Fsp3) is 0.227. The minimum atomic E-state index is -3.95. The minimum absolute atomic E-state index is 0.124. The molecule has 0 bridgehead atoms. The van der Waals surface area contributed by atoms with E-state index in [0.29, 0.717) is 5.56 Å². The number of fused-ring (bicyclic) bond motifs is 1. The fourth-order valence-corrected chi connectivity index (χ4v) is 4.70. The number of carbonyl (C=O) groups excluding carboxylic acids is 1. The quantitative estimate of drug-likeness (QED) is 0.512. The van der Waals surface area contributed by atoms with E-state index < -0.39 is 22.0 Å². The van der Waals surface area contributed by atoms with Crippen LogP contribution in [0.2, 0.25) is 0 Å². The molecule has 2 aromatic rings. The van der Waals surface area contributed by atoms with Crippen molar-refractivity contribution in [1.82, 2.24) is 4.31 Å². The van der Waals surface area contributed by atoms with Crippen molar-refractivity contribution in [3.8, 4) is 0 Å². The van der Waals surface area contributed by atoms with Gasteiger partial charge in [-0.25, -0.2) is 12.7 Å². The molecule has 2 aromatic carbocycles. The van der Waals surface area contributed by atoms with Crippen LogP contribution < -0.4 is 0 Å². The molecule has 1 heterocycles. The molecule has 1 amide bonds. The topological polar surface area (TPSA) is 54.5 Å². The lowest BCUT2D eigenvalue weighted by Gasteiger charge is -2.23. The highest BCUT2D eigenvalue weighted by Gasteiger charge is 2.43. The second-order valence-electron chi connectivity index (χ2n) is 6.60. The first-order chi connectivity index (χ1) is 13.0. The molecule has 0 radical (unpaired) electrons. The van der Waals surface area contributed by atoms with E-state index >= 15 is 0 Å². The standard InChI is InChI=1S/C22H23NO3S/c1-3-4-5-6-7-12-21-19-10-8-9-11-20(19)22(24)23(21)27(25,26)18-15-13-17(2)14-16-18/h3,7-16,21H,1,4-6H2,2H3/b12-7+. The molecule has 1 aliphatic rings. The maximum Gasteiger partial charge on any atom is 0.268 e. The van der Waals surface area contributed by atoms with Gasteiger partial charge in [0.25, 0.3) is 15.9 Å². The average molecular weight is 381 g/mol. The first-order valence-corrected chi connectivity index (χ1v) is 10.4. The summed E-state index contributed by atoms with van der Waals surface area (Å²) in [5, 5.41) is 0. The number of nitrogens with zero attached hydrogens (tertiary/aromatic N) is 1. The highest BCUT2D eigenvalue weighted by atomic mass is 32.2. The molecule has 0 N–H and O–H groups in total. The Morgan fingerprint density at radius 2 is 1.78 bits per heavy atom. The SMILES string of the molecule is C=CCCC/C=C/C1c2ccccc2C(=O)N1S(=O)(=O)c1ccc(C)cc1. The molecule has 0 saturated carbocycles. The molecule has 0 aromatic heterocycles. The third kappa shape index (κ3) is 3.74. The predicted molar refractivity (Wildman–Crippen MR) is 107 cm³/mol. The van der Waals surface area contributed by atoms with E-state index in [1.54, 1.807) is 36.4 Å². The third-order valence-electron chi connectivity index (χ3n) is 4.64. The normalized spacial score (nSPS) is 16.7. The van der Waals surface area contributed by atoms with Crippen molar-refractivity contribution in [2.45, 2.75) is 37.1 Å². The summed E-state index contributed by atoms with van der Waals surface area (Å²) in [7, 11) is -3.95. The van der Waals surface area contributed by atoms with E-state index in [0.717, 1.165) is 34.7 Å². The van der Waals surface area contributed by atoms with Crippen LogP contribution in [0.1, 0.15) is 46.8 Å². The van der Waals surface area contributed by atoms with Crippen LogP contribution in [0.4, 0.5) is 0 Å². The smallest absolute Gasteiger partial charge is 0.268 e. The van der Waals surface area contributed by atoms with Crippen LogP contribution in [0.25, 0.3) is 0 Å². The average Bonchev–Trinajstić information content (AvgIpc) is 2.95. The number of unbranched alkanes of at least 4 members (excludes halogenated alkanes) is 2. The van der Waals surface area contributed by atoms with Crippen molar-refractivity contribution in [2.75, 3.05) is 0 Å². The third-order valence-corrected chi connectivity index (χ3v) is 6.42. The van der Waals surface area contributed by atoms with E-state index in [4.69, 9.17) is 0 Å². The lowest BCUT2D eigenvalue weighted by Crippen LogP contribution is -2.34. The van der Waals surface area contributed by atoms with Crippen molar-refractivity contribution < 1.29 is 13.2 Å². The van der Waals surface area contributed by atoms with Gasteiger partial charge in [0.05, 0.1) is 10.9 Å². The van der Waals surface area contributed by atoms with Crippen LogP contribution in [0.5, 0.6) is 0 Å². The summed E-state index contributed by atoms with van der Waals surface area (Å²) in [5.74, 6) is -0.480. The van der Waals surface area contributed by atoms with Gasteiger partial charge in [-0.15, -0.1) is 6.58 Å². The first-order valence-electron chi connectivity index (χ1n) is 8.98. The van der Waals surface area contributed by atoms with E-state index in [2.05, 4.69) is 6.58 Å². The van der Waals surface area contributed by atoms with Crippen LogP contribution in [0.3, 0.4) is 0 Å². The molecule has 0 fully saturated rings. The number of carbonyl (C=O) groups is 1. The molecule has 27 heavy (non-hydrogen) atoms. The van der Waals surface area contributed by atoms with Gasteiger partial charge in [0.2, 0.25) is 0 Å². The number of amides is 1. The van der Waals surface area contributed by atoms with Crippen molar-refractivity contribution >= 4 is 15.9 Å². The maximum atomic E-state index is 13.2. The second-order valence-corrected chi connectivity index (χ2v) is 8.41. The molecule has 0 spiro atoms. The number of rotatable bonds is 7. The Labute approximate surface area is 160 Å². The van der Waals surface area contributed by atoms with Crippen LogP contribution in [-0.2, 0) is 10.0 Å². The summed E-state index contributed by atoms with van der Waals surface area (Å²) >= 11 is 0. The molecule has 4 nitrogen and oxygen atoms in total. The summed E-state index contributed by atoms with van der Waals surface area (Å²) in [6.07, 6.45) is 8.26. The zero-order valence-corrected chi connectivity index (χ0v) is 16.2. The second kappa shape index (κ2) is 7.92. The first kappa shape index (κ1) is 19.1. The van der Waals surface area contributed by atoms with Gasteiger partial charge in [-0.05, 0) is 49.9 Å². The molecule has 5 heteroatoms. The Bertz CT molecular complexity index is 975. The Hall–Kier alpha value is -2.66. The van der Waals surface area contributed by atoms with E-state index in [1.807, 2.05) is 37.3 Å². The Balaban J connectivity index is 2.00. The molecule has 3 rings (SSSR count). The molecule has 0 aliphatic carbocycles. The van der Waals surface area contributed by atoms with Crippen molar-refractivity contribution in [3.05, 3.63) is 90.0 Å². The molecule has 1 aliphatic heterocycles. The van der Waals surface area contributed by atoms with Crippen LogP contribution in [0.15, 0.2) is 78.2 Å². The van der Waals surface area contributed by atoms with Gasteiger partial charge in [-0.2, -0.15) is 0 Å². The maximum absolute atomic E-state index is 13.2. The van der Waals surface area contributed by atoms with E-state index in [1.165, 1.54) is 0 Å². The van der Waals surface area contributed by atoms with Crippen LogP contribution >= 0.6 is 0 Å². The predicted octanol–water partition coefficient (Wildman–Crippen LogP) is 4.79. The summed E-state index contributed by atoms with van der Waals surface area (Å²) < 4.78 is 27.5. The minimum Gasteiger partial charge on any atom is -0.268 e. The van der Waals surface area contributed by atoms with E-state index in [9.17, 15) is 13.2 Å². The molecule has 0 saturated heterocycles. The van der Waals surface area contributed by atoms with Crippen LogP contribution in [-0.4, -0.2) is 18.6 Å². The lowest BCUT2D eigenvalue weighted by molar-refractivity contribution is 0.0867. The van der Waals surface area contributed by atoms with Gasteiger partial charge in [-0.3, -0.25) is 4.79 Å². The van der Waals surface area contributed by atoms with E-state index in [-0.39, 0.29) is 4.90 Å². The number of hydrogen-bond acceptors (Lipinski definition) is 3. The van der Waals surface area contributed by atoms with Gasteiger partial charge < -0.3 is 0 Å². The molecule has 140 valence electrons. The zero-order chi connectivity index (χ0) is 19.4. The summed E-state index contributed by atoms with van der Waals surface area (Å²) in [6, 6.07) is 13.0. The largest absolute Gasteiger partial charge is 0.268 e. The van der Waals surface area contributed by atoms with Crippen molar-refractivity contribution in [2.24, 2.45) is 0 Å².